The molecule has 0 aromatic rings. The van der Waals surface area contributed by atoms with Gasteiger partial charge >= 0.3 is 5.97 Å². The maximum Gasteiger partial charge on any atom is 0.336 e. The molecule has 0 spiro atoms. The molecule has 0 saturated heterocycles. The molecule has 2 saturated carbocycles. The summed E-state index contributed by atoms with van der Waals surface area (Å²) in [5, 5.41) is 20.8. The highest BCUT2D eigenvalue weighted by Crippen LogP contribution is 2.65. The Morgan fingerprint density at radius 1 is 1.24 bits per heavy atom. The van der Waals surface area contributed by atoms with Crippen LogP contribution in [0.2, 0.25) is 0 Å². The molecule has 0 aromatic carbocycles. The minimum absolute atomic E-state index is 0.165. The van der Waals surface area contributed by atoms with E-state index >= 15 is 0 Å². The van der Waals surface area contributed by atoms with Crippen LogP contribution in [0.4, 0.5) is 0 Å². The molecular weight excluding hydrogens is 416 g/mol. The van der Waals surface area contributed by atoms with Crippen LogP contribution in [0.1, 0.15) is 66.2 Å². The number of rotatable bonds is 2. The molecule has 0 radical (unpaired) electrons. The Hall–Kier alpha value is -1.98. The predicted octanol–water partition coefficient (Wildman–Crippen LogP) is 4.21. The van der Waals surface area contributed by atoms with Gasteiger partial charge in [-0.05, 0) is 93.3 Å². The SMILES string of the molecule is CC1=C(CO)C(=O)O[C@@H](/C(C)=C2\[C@@H](O)C[C@H]3[C@@H]4CC=C5CC=CC(=O)[C@]5(C)[C@H]4CC[C@]23C)C1. The van der Waals surface area contributed by atoms with E-state index in [0.29, 0.717) is 36.2 Å². The van der Waals surface area contributed by atoms with Crippen molar-refractivity contribution in [2.45, 2.75) is 78.4 Å². The van der Waals surface area contributed by atoms with Crippen LogP contribution in [0, 0.1) is 28.6 Å². The molecule has 5 nitrogen and oxygen atoms in total. The van der Waals surface area contributed by atoms with Crippen LogP contribution in [0.5, 0.6) is 0 Å². The lowest BCUT2D eigenvalue weighted by Gasteiger charge is -2.55. The van der Waals surface area contributed by atoms with E-state index in [1.54, 1.807) is 6.08 Å². The van der Waals surface area contributed by atoms with E-state index in [1.165, 1.54) is 5.57 Å². The number of aliphatic hydroxyl groups excluding tert-OH is 2. The van der Waals surface area contributed by atoms with Gasteiger partial charge in [-0.25, -0.2) is 4.79 Å². The van der Waals surface area contributed by atoms with Gasteiger partial charge in [0.2, 0.25) is 0 Å². The number of ether oxygens (including phenoxy) is 1. The van der Waals surface area contributed by atoms with Gasteiger partial charge in [-0.3, -0.25) is 4.79 Å². The Morgan fingerprint density at radius 3 is 2.70 bits per heavy atom. The van der Waals surface area contributed by atoms with Gasteiger partial charge in [0, 0.05) is 6.42 Å². The van der Waals surface area contributed by atoms with Gasteiger partial charge < -0.3 is 14.9 Å². The van der Waals surface area contributed by atoms with Crippen LogP contribution in [0.25, 0.3) is 0 Å². The van der Waals surface area contributed by atoms with Crippen LogP contribution in [-0.4, -0.2) is 40.8 Å². The van der Waals surface area contributed by atoms with E-state index in [4.69, 9.17) is 4.74 Å². The average Bonchev–Trinajstić information content (AvgIpc) is 3.04. The topological polar surface area (TPSA) is 83.8 Å². The van der Waals surface area contributed by atoms with Crippen LogP contribution < -0.4 is 0 Å². The maximum atomic E-state index is 13.1. The molecule has 5 heteroatoms. The zero-order valence-electron chi connectivity index (χ0n) is 20.2. The molecule has 4 aliphatic carbocycles. The maximum absolute atomic E-state index is 13.1. The molecule has 178 valence electrons. The van der Waals surface area contributed by atoms with E-state index in [1.807, 2.05) is 19.9 Å². The van der Waals surface area contributed by atoms with Crippen LogP contribution >= 0.6 is 0 Å². The number of esters is 1. The number of ketones is 1. The highest BCUT2D eigenvalue weighted by molar-refractivity contribution is 5.98. The molecule has 2 N–H and O–H groups in total. The normalized spacial score (nSPS) is 44.1. The molecule has 1 heterocycles. The summed E-state index contributed by atoms with van der Waals surface area (Å²) in [6, 6.07) is 0. The number of aliphatic hydroxyl groups is 2. The van der Waals surface area contributed by atoms with Crippen molar-refractivity contribution in [1.29, 1.82) is 0 Å². The van der Waals surface area contributed by atoms with Crippen LogP contribution in [0.3, 0.4) is 0 Å². The standard InChI is InChI=1S/C28H36O5/c1-15-12-23(33-26(32)19(15)14-29)16(2)25-22(30)13-21-18-9-8-17-6-5-7-24(31)28(17,4)20(18)10-11-27(21,25)3/h5,7-8,18,20-23,29-30H,6,9-14H2,1-4H3/b25-16+/t18-,20+,21+,22+,23-,27+,28+/m1/s1. The van der Waals surface area contributed by atoms with E-state index in [-0.39, 0.29) is 17.8 Å². The van der Waals surface area contributed by atoms with E-state index < -0.39 is 23.6 Å². The second kappa shape index (κ2) is 7.78. The van der Waals surface area contributed by atoms with Crippen molar-refractivity contribution < 1.29 is 24.5 Å². The first kappa shape index (κ1) is 22.8. The number of cyclic esters (lactones) is 1. The Labute approximate surface area is 196 Å². The summed E-state index contributed by atoms with van der Waals surface area (Å²) < 4.78 is 5.73. The third kappa shape index (κ3) is 3.11. The minimum Gasteiger partial charge on any atom is -0.454 e. The predicted molar refractivity (Wildman–Crippen MR) is 125 cm³/mol. The molecule has 5 aliphatic rings. The van der Waals surface area contributed by atoms with E-state index in [9.17, 15) is 19.8 Å². The molecule has 33 heavy (non-hydrogen) atoms. The summed E-state index contributed by atoms with van der Waals surface area (Å²) >= 11 is 0. The molecule has 7 atom stereocenters. The monoisotopic (exact) mass is 452 g/mol. The van der Waals surface area contributed by atoms with Crippen molar-refractivity contribution in [2.24, 2.45) is 28.6 Å². The molecule has 0 unspecified atom stereocenters. The summed E-state index contributed by atoms with van der Waals surface area (Å²) in [7, 11) is 0. The van der Waals surface area contributed by atoms with E-state index in [0.717, 1.165) is 42.4 Å². The largest absolute Gasteiger partial charge is 0.454 e. The molecule has 2 fully saturated rings. The molecule has 0 amide bonds. The van der Waals surface area contributed by atoms with Gasteiger partial charge in [0.25, 0.3) is 0 Å². The fraction of sp³-hybridized carbons (Fsp3) is 0.643. The van der Waals surface area contributed by atoms with Gasteiger partial charge in [0.1, 0.15) is 6.10 Å². The minimum atomic E-state index is -0.555. The highest BCUT2D eigenvalue weighted by Gasteiger charge is 2.60. The Morgan fingerprint density at radius 2 is 2.00 bits per heavy atom. The molecule has 0 bridgehead atoms. The molecule has 5 rings (SSSR count). The number of fused-ring (bicyclic) bond motifs is 5. The van der Waals surface area contributed by atoms with Gasteiger partial charge in [0.15, 0.2) is 5.78 Å². The first-order chi connectivity index (χ1) is 15.6. The van der Waals surface area contributed by atoms with Gasteiger partial charge in [0.05, 0.1) is 23.7 Å². The molecular formula is C28H36O5. The Balaban J connectivity index is 1.50. The smallest absolute Gasteiger partial charge is 0.336 e. The lowest BCUT2D eigenvalue weighted by Crippen LogP contribution is -2.51. The van der Waals surface area contributed by atoms with Crippen LogP contribution in [0.15, 0.2) is 46.1 Å². The number of hydrogen-bond donors (Lipinski definition) is 2. The molecule has 1 aliphatic heterocycles. The zero-order chi connectivity index (χ0) is 23.7. The second-order valence-corrected chi connectivity index (χ2v) is 11.3. The van der Waals surface area contributed by atoms with Crippen molar-refractivity contribution >= 4 is 11.8 Å². The van der Waals surface area contributed by atoms with Crippen molar-refractivity contribution in [3.05, 3.63) is 46.1 Å². The Kier molecular flexibility index (Phi) is 5.37. The summed E-state index contributed by atoms with van der Waals surface area (Å²) in [5.74, 6) is 0.758. The average molecular weight is 453 g/mol. The highest BCUT2D eigenvalue weighted by atomic mass is 16.5. The number of carbonyl (C=O) groups excluding carboxylic acids is 2. The fourth-order valence-electron chi connectivity index (χ4n) is 8.14. The van der Waals surface area contributed by atoms with Crippen molar-refractivity contribution in [3.63, 3.8) is 0 Å². The van der Waals surface area contributed by atoms with Crippen molar-refractivity contribution in [1.82, 2.24) is 0 Å². The third-order valence-corrected chi connectivity index (χ3v) is 9.98. The first-order valence-corrected chi connectivity index (χ1v) is 12.4. The van der Waals surface area contributed by atoms with E-state index in [2.05, 4.69) is 19.9 Å². The van der Waals surface area contributed by atoms with Gasteiger partial charge in [-0.1, -0.05) is 30.2 Å². The van der Waals surface area contributed by atoms with Crippen LogP contribution in [-0.2, 0) is 14.3 Å². The van der Waals surface area contributed by atoms with Gasteiger partial charge in [-0.15, -0.1) is 0 Å². The summed E-state index contributed by atoms with van der Waals surface area (Å²) in [4.78, 5) is 25.5. The third-order valence-electron chi connectivity index (χ3n) is 9.98. The zero-order valence-corrected chi connectivity index (χ0v) is 20.2. The van der Waals surface area contributed by atoms with Crippen molar-refractivity contribution in [2.75, 3.05) is 6.61 Å². The fourth-order valence-corrected chi connectivity index (χ4v) is 8.14. The summed E-state index contributed by atoms with van der Waals surface area (Å²) in [6.45, 7) is 8.00. The number of hydrogen-bond acceptors (Lipinski definition) is 5. The number of allylic oxidation sites excluding steroid dienone is 4. The first-order valence-electron chi connectivity index (χ1n) is 12.4. The number of carbonyl (C=O) groups is 2. The van der Waals surface area contributed by atoms with Gasteiger partial charge in [-0.2, -0.15) is 0 Å². The lowest BCUT2D eigenvalue weighted by molar-refractivity contribution is -0.144. The summed E-state index contributed by atoms with van der Waals surface area (Å²) in [5.41, 5.74) is 3.92. The summed E-state index contributed by atoms with van der Waals surface area (Å²) in [6.07, 6.45) is 10.1. The quantitative estimate of drug-likeness (QED) is 0.484. The van der Waals surface area contributed by atoms with Crippen molar-refractivity contribution in [3.8, 4) is 0 Å². The lowest BCUT2D eigenvalue weighted by atomic mass is 9.48. The second-order valence-electron chi connectivity index (χ2n) is 11.3. The molecule has 0 aromatic heterocycles. The Bertz CT molecular complexity index is 1030.